The molecular weight excluding hydrogens is 276 g/mol. The number of nitrogens with zero attached hydrogens (tertiary/aromatic N) is 1. The van der Waals surface area contributed by atoms with Crippen molar-refractivity contribution in [3.8, 4) is 0 Å². The van der Waals surface area contributed by atoms with Crippen LogP contribution >= 0.6 is 11.3 Å². The second kappa shape index (κ2) is 6.78. The largest absolute Gasteiger partial charge is 0.309 e. The monoisotopic (exact) mass is 306 g/mol. The molecule has 2 nitrogen and oxygen atoms in total. The molecule has 2 saturated carbocycles. The Kier molecular flexibility index (Phi) is 5.00. The maximum atomic E-state index is 5.06. The van der Waals surface area contributed by atoms with Crippen LogP contribution in [-0.2, 0) is 6.54 Å². The smallest absolute Gasteiger partial charge is 0.0962 e. The first-order chi connectivity index (χ1) is 10.2. The number of rotatable bonds is 6. The van der Waals surface area contributed by atoms with E-state index in [1.807, 2.05) is 11.3 Å². The van der Waals surface area contributed by atoms with Crippen LogP contribution in [0.25, 0.3) is 0 Å². The molecule has 2 aliphatic rings. The average Bonchev–Trinajstić information content (AvgIpc) is 3.23. The van der Waals surface area contributed by atoms with Crippen LogP contribution in [0.2, 0.25) is 0 Å². The maximum absolute atomic E-state index is 5.06. The zero-order chi connectivity index (χ0) is 14.8. The minimum atomic E-state index is 0.554. The van der Waals surface area contributed by atoms with E-state index in [0.717, 1.165) is 24.4 Å². The van der Waals surface area contributed by atoms with Crippen molar-refractivity contribution in [2.75, 3.05) is 0 Å². The molecule has 3 rings (SSSR count). The summed E-state index contributed by atoms with van der Waals surface area (Å²) in [6.45, 7) is 7.95. The van der Waals surface area contributed by atoms with Gasteiger partial charge in [-0.05, 0) is 50.4 Å². The fourth-order valence-corrected chi connectivity index (χ4v) is 4.82. The Labute approximate surface area is 133 Å². The van der Waals surface area contributed by atoms with Crippen molar-refractivity contribution in [2.24, 2.45) is 5.92 Å². The Morgan fingerprint density at radius 2 is 1.86 bits per heavy atom. The maximum Gasteiger partial charge on any atom is 0.0962 e. The molecule has 0 amide bonds. The zero-order valence-corrected chi connectivity index (χ0v) is 14.6. The number of hydrogen-bond acceptors (Lipinski definition) is 3. The van der Waals surface area contributed by atoms with E-state index < -0.39 is 0 Å². The Bertz CT molecular complexity index is 454. The summed E-state index contributed by atoms with van der Waals surface area (Å²) in [4.78, 5) is 6.57. The van der Waals surface area contributed by atoms with Gasteiger partial charge in [0.25, 0.3) is 0 Å². The number of aromatic nitrogens is 1. The summed E-state index contributed by atoms with van der Waals surface area (Å²) in [7, 11) is 0. The third-order valence-corrected chi connectivity index (χ3v) is 6.43. The molecule has 0 radical (unpaired) electrons. The predicted octanol–water partition coefficient (Wildman–Crippen LogP) is 5.20. The van der Waals surface area contributed by atoms with Crippen LogP contribution in [-0.4, -0.2) is 11.0 Å². The summed E-state index contributed by atoms with van der Waals surface area (Å²) >= 11 is 2.00. The third-order valence-electron chi connectivity index (χ3n) is 5.19. The molecule has 2 aliphatic carbocycles. The van der Waals surface area contributed by atoms with Crippen LogP contribution < -0.4 is 5.32 Å². The molecule has 1 aromatic heterocycles. The van der Waals surface area contributed by atoms with Gasteiger partial charge < -0.3 is 5.32 Å². The van der Waals surface area contributed by atoms with Gasteiger partial charge in [0, 0.05) is 23.4 Å². The first-order valence-corrected chi connectivity index (χ1v) is 9.71. The summed E-state index contributed by atoms with van der Waals surface area (Å²) in [6.07, 6.45) is 9.63. The molecule has 0 atom stereocenters. The lowest BCUT2D eigenvalue weighted by Crippen LogP contribution is -2.15. The van der Waals surface area contributed by atoms with E-state index in [9.17, 15) is 0 Å². The van der Waals surface area contributed by atoms with Crippen LogP contribution in [0.15, 0.2) is 0 Å². The van der Waals surface area contributed by atoms with Gasteiger partial charge in [-0.2, -0.15) is 0 Å². The topological polar surface area (TPSA) is 24.9 Å². The molecule has 0 aromatic carbocycles. The van der Waals surface area contributed by atoms with E-state index in [-0.39, 0.29) is 0 Å². The summed E-state index contributed by atoms with van der Waals surface area (Å²) < 4.78 is 0. The standard InChI is InChI=1S/C18H30N2S/c1-4-13-5-7-14(8-6-13)18-20-17(12(2)3)16(21-18)11-19-15-9-10-15/h12-15,19H,4-11H2,1-3H3. The molecule has 1 heterocycles. The summed E-state index contributed by atoms with van der Waals surface area (Å²) in [6, 6.07) is 0.788. The Hall–Kier alpha value is -0.410. The van der Waals surface area contributed by atoms with E-state index in [1.165, 1.54) is 60.5 Å². The first-order valence-electron chi connectivity index (χ1n) is 8.90. The second-order valence-corrected chi connectivity index (χ2v) is 8.41. The van der Waals surface area contributed by atoms with Crippen molar-refractivity contribution in [1.82, 2.24) is 10.3 Å². The van der Waals surface area contributed by atoms with Crippen LogP contribution in [0.4, 0.5) is 0 Å². The SMILES string of the molecule is CCC1CCC(c2nc(C(C)C)c(CNC3CC3)s2)CC1. The van der Waals surface area contributed by atoms with Crippen LogP contribution in [0.5, 0.6) is 0 Å². The summed E-state index contributed by atoms with van der Waals surface area (Å²) in [5.41, 5.74) is 1.36. The molecule has 118 valence electrons. The van der Waals surface area contributed by atoms with E-state index in [2.05, 4.69) is 26.1 Å². The van der Waals surface area contributed by atoms with E-state index in [4.69, 9.17) is 4.98 Å². The van der Waals surface area contributed by atoms with Crippen molar-refractivity contribution in [3.63, 3.8) is 0 Å². The first kappa shape index (κ1) is 15.5. The molecule has 0 aliphatic heterocycles. The normalized spacial score (nSPS) is 26.5. The van der Waals surface area contributed by atoms with Gasteiger partial charge in [0.2, 0.25) is 0 Å². The molecule has 0 saturated heterocycles. The lowest BCUT2D eigenvalue weighted by Gasteiger charge is -2.26. The van der Waals surface area contributed by atoms with Crippen molar-refractivity contribution < 1.29 is 0 Å². The fraction of sp³-hybridized carbons (Fsp3) is 0.833. The van der Waals surface area contributed by atoms with Crippen LogP contribution in [0.1, 0.15) is 93.1 Å². The third kappa shape index (κ3) is 3.87. The van der Waals surface area contributed by atoms with Gasteiger partial charge in [-0.1, -0.05) is 27.2 Å². The van der Waals surface area contributed by atoms with Gasteiger partial charge in [-0.15, -0.1) is 11.3 Å². The average molecular weight is 307 g/mol. The lowest BCUT2D eigenvalue weighted by atomic mass is 9.81. The van der Waals surface area contributed by atoms with E-state index in [0.29, 0.717) is 5.92 Å². The van der Waals surface area contributed by atoms with Crippen molar-refractivity contribution in [3.05, 3.63) is 15.6 Å². The number of thiazole rings is 1. The molecule has 2 fully saturated rings. The van der Waals surface area contributed by atoms with Crippen LogP contribution in [0.3, 0.4) is 0 Å². The van der Waals surface area contributed by atoms with E-state index in [1.54, 1.807) is 0 Å². The Morgan fingerprint density at radius 1 is 1.14 bits per heavy atom. The molecule has 0 bridgehead atoms. The van der Waals surface area contributed by atoms with Gasteiger partial charge in [-0.3, -0.25) is 0 Å². The van der Waals surface area contributed by atoms with Gasteiger partial charge in [-0.25, -0.2) is 4.98 Å². The van der Waals surface area contributed by atoms with Crippen molar-refractivity contribution in [2.45, 2.75) is 90.1 Å². The van der Waals surface area contributed by atoms with E-state index >= 15 is 0 Å². The second-order valence-electron chi connectivity index (χ2n) is 7.30. The Balaban J connectivity index is 1.68. The highest BCUT2D eigenvalue weighted by atomic mass is 32.1. The number of nitrogens with one attached hydrogen (secondary N) is 1. The van der Waals surface area contributed by atoms with Gasteiger partial charge in [0.15, 0.2) is 0 Å². The summed E-state index contributed by atoms with van der Waals surface area (Å²) in [5.74, 6) is 2.27. The summed E-state index contributed by atoms with van der Waals surface area (Å²) in [5, 5.41) is 5.10. The van der Waals surface area contributed by atoms with Crippen LogP contribution in [0, 0.1) is 5.92 Å². The van der Waals surface area contributed by atoms with Crippen molar-refractivity contribution >= 4 is 11.3 Å². The minimum absolute atomic E-state index is 0.554. The molecule has 0 unspecified atom stereocenters. The highest BCUT2D eigenvalue weighted by Crippen LogP contribution is 2.40. The van der Waals surface area contributed by atoms with Gasteiger partial charge >= 0.3 is 0 Å². The molecule has 21 heavy (non-hydrogen) atoms. The molecular formula is C18H30N2S. The van der Waals surface area contributed by atoms with Gasteiger partial charge in [0.05, 0.1) is 10.7 Å². The minimum Gasteiger partial charge on any atom is -0.309 e. The molecule has 3 heteroatoms. The van der Waals surface area contributed by atoms with Crippen molar-refractivity contribution in [1.29, 1.82) is 0 Å². The Morgan fingerprint density at radius 3 is 2.43 bits per heavy atom. The predicted molar refractivity (Wildman–Crippen MR) is 91.1 cm³/mol. The highest BCUT2D eigenvalue weighted by Gasteiger charge is 2.26. The quantitative estimate of drug-likeness (QED) is 0.781. The molecule has 0 spiro atoms. The van der Waals surface area contributed by atoms with Gasteiger partial charge in [0.1, 0.15) is 0 Å². The molecule has 1 aromatic rings. The number of hydrogen-bond donors (Lipinski definition) is 1. The lowest BCUT2D eigenvalue weighted by molar-refractivity contribution is 0.318. The molecule has 1 N–H and O–H groups in total. The highest BCUT2D eigenvalue weighted by molar-refractivity contribution is 7.11. The zero-order valence-electron chi connectivity index (χ0n) is 13.8. The fourth-order valence-electron chi connectivity index (χ4n) is 3.48.